The lowest BCUT2D eigenvalue weighted by Crippen LogP contribution is -2.31. The molecular formula is C18H20N2O2. The Morgan fingerprint density at radius 3 is 2.68 bits per heavy atom. The van der Waals surface area contributed by atoms with Crippen LogP contribution in [0.2, 0.25) is 0 Å². The van der Waals surface area contributed by atoms with E-state index in [0.717, 1.165) is 36.2 Å². The number of pyridine rings is 1. The average Bonchev–Trinajstić information content (AvgIpc) is 3.04. The summed E-state index contributed by atoms with van der Waals surface area (Å²) in [6.45, 7) is 2.77. The summed E-state index contributed by atoms with van der Waals surface area (Å²) in [5, 5.41) is 0. The lowest BCUT2D eigenvalue weighted by molar-refractivity contribution is 0.0735. The molecule has 0 spiro atoms. The highest BCUT2D eigenvalue weighted by Crippen LogP contribution is 2.34. The van der Waals surface area contributed by atoms with Crippen molar-refractivity contribution in [2.45, 2.75) is 25.8 Å². The van der Waals surface area contributed by atoms with Crippen LogP contribution in [0.15, 0.2) is 42.5 Å². The van der Waals surface area contributed by atoms with Gasteiger partial charge in [-0.25, -0.2) is 4.98 Å². The van der Waals surface area contributed by atoms with E-state index in [4.69, 9.17) is 4.74 Å². The zero-order chi connectivity index (χ0) is 15.5. The highest BCUT2D eigenvalue weighted by Gasteiger charge is 2.31. The van der Waals surface area contributed by atoms with Gasteiger partial charge in [-0.2, -0.15) is 0 Å². The van der Waals surface area contributed by atoms with Gasteiger partial charge in [-0.05, 0) is 43.5 Å². The number of hydrogen-bond donors (Lipinski definition) is 0. The van der Waals surface area contributed by atoms with Gasteiger partial charge in [0.1, 0.15) is 0 Å². The molecule has 1 amide bonds. The largest absolute Gasteiger partial charge is 0.481 e. The second-order valence-corrected chi connectivity index (χ2v) is 5.55. The van der Waals surface area contributed by atoms with E-state index in [0.29, 0.717) is 5.88 Å². The molecule has 114 valence electrons. The van der Waals surface area contributed by atoms with Gasteiger partial charge in [0.2, 0.25) is 5.88 Å². The minimum atomic E-state index is 0.0957. The number of benzene rings is 1. The van der Waals surface area contributed by atoms with Gasteiger partial charge in [-0.1, -0.05) is 18.2 Å². The molecule has 1 saturated heterocycles. The number of likely N-dealkylation sites (tertiary alicyclic amines) is 1. The maximum atomic E-state index is 12.7. The molecule has 4 heteroatoms. The Kier molecular flexibility index (Phi) is 4.09. The summed E-state index contributed by atoms with van der Waals surface area (Å²) in [6.07, 6.45) is 2.00. The molecule has 1 aromatic carbocycles. The number of ether oxygens (including phenoxy) is 1. The van der Waals surface area contributed by atoms with Gasteiger partial charge in [0.15, 0.2) is 0 Å². The molecule has 0 saturated carbocycles. The van der Waals surface area contributed by atoms with Gasteiger partial charge in [0.25, 0.3) is 5.91 Å². The Morgan fingerprint density at radius 1 is 1.23 bits per heavy atom. The fourth-order valence-corrected chi connectivity index (χ4v) is 3.09. The number of methoxy groups -OCH3 is 1. The Balaban J connectivity index is 1.89. The molecule has 1 unspecified atom stereocenters. The predicted molar refractivity (Wildman–Crippen MR) is 85.0 cm³/mol. The first kappa shape index (κ1) is 14.6. The van der Waals surface area contributed by atoms with E-state index in [-0.39, 0.29) is 11.9 Å². The molecule has 2 aromatic rings. The van der Waals surface area contributed by atoms with Gasteiger partial charge in [0, 0.05) is 23.9 Å². The molecule has 1 aromatic heterocycles. The van der Waals surface area contributed by atoms with E-state index in [2.05, 4.69) is 4.98 Å². The van der Waals surface area contributed by atoms with E-state index in [1.807, 2.05) is 54.3 Å². The van der Waals surface area contributed by atoms with E-state index in [1.54, 1.807) is 7.11 Å². The van der Waals surface area contributed by atoms with Gasteiger partial charge >= 0.3 is 0 Å². The van der Waals surface area contributed by atoms with Crippen LogP contribution in [0, 0.1) is 6.92 Å². The molecule has 3 rings (SSSR count). The van der Waals surface area contributed by atoms with Gasteiger partial charge in [-0.3, -0.25) is 4.79 Å². The Bertz CT molecular complexity index is 670. The van der Waals surface area contributed by atoms with Crippen LogP contribution in [0.4, 0.5) is 0 Å². The standard InChI is InChI=1S/C18H20N2O2/c1-13-15(10-11-17(19-13)22-2)16-9-6-12-20(16)18(21)14-7-4-3-5-8-14/h3-5,7-8,10-11,16H,6,9,12H2,1-2H3. The quantitative estimate of drug-likeness (QED) is 0.872. The average molecular weight is 296 g/mol. The number of nitrogens with zero attached hydrogens (tertiary/aromatic N) is 2. The first-order valence-electron chi connectivity index (χ1n) is 7.58. The number of rotatable bonds is 3. The van der Waals surface area contributed by atoms with Crippen LogP contribution >= 0.6 is 0 Å². The van der Waals surface area contributed by atoms with Crippen LogP contribution < -0.4 is 4.74 Å². The number of aryl methyl sites for hydroxylation is 1. The molecule has 0 bridgehead atoms. The summed E-state index contributed by atoms with van der Waals surface area (Å²) in [6, 6.07) is 13.5. The summed E-state index contributed by atoms with van der Waals surface area (Å²) in [5.41, 5.74) is 2.79. The summed E-state index contributed by atoms with van der Waals surface area (Å²) < 4.78 is 5.16. The minimum absolute atomic E-state index is 0.0957. The molecule has 0 radical (unpaired) electrons. The molecule has 1 aliphatic rings. The van der Waals surface area contributed by atoms with Crippen LogP contribution in [0.3, 0.4) is 0 Å². The first-order valence-corrected chi connectivity index (χ1v) is 7.58. The third kappa shape index (κ3) is 2.69. The molecule has 1 fully saturated rings. The van der Waals surface area contributed by atoms with Crippen molar-refractivity contribution >= 4 is 5.91 Å². The second kappa shape index (κ2) is 6.18. The minimum Gasteiger partial charge on any atom is -0.481 e. The van der Waals surface area contributed by atoms with E-state index in [9.17, 15) is 4.79 Å². The van der Waals surface area contributed by atoms with Crippen molar-refractivity contribution in [3.05, 3.63) is 59.3 Å². The van der Waals surface area contributed by atoms with Crippen LogP contribution in [-0.2, 0) is 0 Å². The number of hydrogen-bond acceptors (Lipinski definition) is 3. The van der Waals surface area contributed by atoms with Crippen molar-refractivity contribution in [3.8, 4) is 5.88 Å². The summed E-state index contributed by atoms with van der Waals surface area (Å²) >= 11 is 0. The van der Waals surface area contributed by atoms with Crippen LogP contribution in [0.25, 0.3) is 0 Å². The third-order valence-corrected chi connectivity index (χ3v) is 4.20. The number of carbonyl (C=O) groups is 1. The Hall–Kier alpha value is -2.36. The first-order chi connectivity index (χ1) is 10.7. The van der Waals surface area contributed by atoms with Crippen molar-refractivity contribution < 1.29 is 9.53 Å². The van der Waals surface area contributed by atoms with Crippen LogP contribution in [0.1, 0.15) is 40.5 Å². The third-order valence-electron chi connectivity index (χ3n) is 4.20. The maximum absolute atomic E-state index is 12.7. The van der Waals surface area contributed by atoms with E-state index in [1.165, 1.54) is 0 Å². The zero-order valence-corrected chi connectivity index (χ0v) is 13.0. The van der Waals surface area contributed by atoms with Gasteiger partial charge < -0.3 is 9.64 Å². The van der Waals surface area contributed by atoms with Gasteiger partial charge in [-0.15, -0.1) is 0 Å². The number of carbonyl (C=O) groups excluding carboxylic acids is 1. The monoisotopic (exact) mass is 296 g/mol. The lowest BCUT2D eigenvalue weighted by Gasteiger charge is -2.26. The predicted octanol–water partition coefficient (Wildman–Crippen LogP) is 3.38. The van der Waals surface area contributed by atoms with Crippen molar-refractivity contribution in [1.82, 2.24) is 9.88 Å². The topological polar surface area (TPSA) is 42.4 Å². The SMILES string of the molecule is COc1ccc(C2CCCN2C(=O)c2ccccc2)c(C)n1. The smallest absolute Gasteiger partial charge is 0.254 e. The van der Waals surface area contributed by atoms with Crippen molar-refractivity contribution in [1.29, 1.82) is 0 Å². The highest BCUT2D eigenvalue weighted by atomic mass is 16.5. The molecule has 4 nitrogen and oxygen atoms in total. The second-order valence-electron chi connectivity index (χ2n) is 5.55. The molecule has 0 N–H and O–H groups in total. The van der Waals surface area contributed by atoms with Crippen molar-refractivity contribution in [3.63, 3.8) is 0 Å². The molecule has 22 heavy (non-hydrogen) atoms. The fourth-order valence-electron chi connectivity index (χ4n) is 3.09. The van der Waals surface area contributed by atoms with Crippen LogP contribution in [0.5, 0.6) is 5.88 Å². The zero-order valence-electron chi connectivity index (χ0n) is 13.0. The Morgan fingerprint density at radius 2 is 2.00 bits per heavy atom. The molecular weight excluding hydrogens is 276 g/mol. The van der Waals surface area contributed by atoms with E-state index < -0.39 is 0 Å². The normalized spacial score (nSPS) is 17.5. The lowest BCUT2D eigenvalue weighted by atomic mass is 10.0. The number of amides is 1. The molecule has 2 heterocycles. The summed E-state index contributed by atoms with van der Waals surface area (Å²) in [4.78, 5) is 19.2. The number of aromatic nitrogens is 1. The van der Waals surface area contributed by atoms with Gasteiger partial charge in [0.05, 0.1) is 13.2 Å². The summed E-state index contributed by atoms with van der Waals surface area (Å²) in [7, 11) is 1.61. The summed E-state index contributed by atoms with van der Waals surface area (Å²) in [5.74, 6) is 0.707. The molecule has 0 aliphatic carbocycles. The molecule has 1 aliphatic heterocycles. The van der Waals surface area contributed by atoms with Crippen molar-refractivity contribution in [2.24, 2.45) is 0 Å². The fraction of sp³-hybridized carbons (Fsp3) is 0.333. The Labute approximate surface area is 130 Å². The molecule has 1 atom stereocenters. The van der Waals surface area contributed by atoms with Crippen molar-refractivity contribution in [2.75, 3.05) is 13.7 Å². The van der Waals surface area contributed by atoms with Crippen LogP contribution in [-0.4, -0.2) is 29.4 Å². The van der Waals surface area contributed by atoms with E-state index >= 15 is 0 Å². The highest BCUT2D eigenvalue weighted by molar-refractivity contribution is 5.94. The maximum Gasteiger partial charge on any atom is 0.254 e.